The van der Waals surface area contributed by atoms with E-state index in [0.29, 0.717) is 0 Å². The van der Waals surface area contributed by atoms with Gasteiger partial charge in [-0.3, -0.25) is 4.98 Å². The van der Waals surface area contributed by atoms with E-state index in [1.54, 1.807) is 0 Å². The summed E-state index contributed by atoms with van der Waals surface area (Å²) >= 11 is 0. The van der Waals surface area contributed by atoms with Crippen molar-refractivity contribution in [2.45, 2.75) is 6.92 Å². The van der Waals surface area contributed by atoms with Gasteiger partial charge in [0.2, 0.25) is 0 Å². The van der Waals surface area contributed by atoms with Crippen LogP contribution in [0.15, 0.2) is 36.7 Å². The maximum absolute atomic E-state index is 4.60. The van der Waals surface area contributed by atoms with Gasteiger partial charge in [0.25, 0.3) is 0 Å². The van der Waals surface area contributed by atoms with Gasteiger partial charge in [-0.25, -0.2) is 4.98 Å². The van der Waals surface area contributed by atoms with E-state index in [-0.39, 0.29) is 0 Å². The first-order valence-electron chi connectivity index (χ1n) is 7.05. The molecule has 0 saturated carbocycles. The molecule has 3 heterocycles. The Labute approximate surface area is 120 Å². The largest absolute Gasteiger partial charge is 0.354 e. The molecule has 0 N–H and O–H groups in total. The lowest BCUT2D eigenvalue weighted by Crippen LogP contribution is -2.44. The van der Waals surface area contributed by atoms with Crippen LogP contribution in [-0.2, 0) is 0 Å². The third kappa shape index (κ3) is 2.80. The first kappa shape index (κ1) is 13.1. The lowest BCUT2D eigenvalue weighted by molar-refractivity contribution is 0.312. The lowest BCUT2D eigenvalue weighted by atomic mass is 10.1. The number of likely N-dealkylation sites (N-methyl/N-ethyl adjacent to an activating group) is 1. The smallest absolute Gasteiger partial charge is 0.128 e. The van der Waals surface area contributed by atoms with Crippen molar-refractivity contribution in [3.8, 4) is 11.3 Å². The molecule has 1 aliphatic rings. The fourth-order valence-corrected chi connectivity index (χ4v) is 2.45. The standard InChI is InChI=1S/C16H20N4/c1-13-5-6-17-15(11-13)14-3-4-16(18-12-14)20-9-7-19(2)8-10-20/h3-6,11-12H,7-10H2,1-2H3. The molecular formula is C16H20N4. The molecule has 0 radical (unpaired) electrons. The van der Waals surface area contributed by atoms with Gasteiger partial charge < -0.3 is 9.80 Å². The van der Waals surface area contributed by atoms with Gasteiger partial charge in [-0.05, 0) is 43.8 Å². The van der Waals surface area contributed by atoms with E-state index in [1.807, 2.05) is 18.5 Å². The summed E-state index contributed by atoms with van der Waals surface area (Å²) < 4.78 is 0. The summed E-state index contributed by atoms with van der Waals surface area (Å²) in [7, 11) is 2.16. The van der Waals surface area contributed by atoms with Crippen LogP contribution in [-0.4, -0.2) is 48.1 Å². The topological polar surface area (TPSA) is 32.3 Å². The summed E-state index contributed by atoms with van der Waals surface area (Å²) in [5.41, 5.74) is 3.28. The number of aromatic nitrogens is 2. The van der Waals surface area contributed by atoms with Crippen LogP contribution in [0, 0.1) is 6.92 Å². The molecule has 1 fully saturated rings. The minimum atomic E-state index is 0.988. The van der Waals surface area contributed by atoms with E-state index in [2.05, 4.69) is 51.9 Å². The summed E-state index contributed by atoms with van der Waals surface area (Å²) in [4.78, 5) is 13.7. The third-order valence-electron chi connectivity index (χ3n) is 3.79. The molecular weight excluding hydrogens is 248 g/mol. The van der Waals surface area contributed by atoms with Crippen LogP contribution in [0.2, 0.25) is 0 Å². The molecule has 0 aromatic carbocycles. The number of nitrogens with zero attached hydrogens (tertiary/aromatic N) is 4. The number of rotatable bonds is 2. The van der Waals surface area contributed by atoms with Gasteiger partial charge in [-0.2, -0.15) is 0 Å². The molecule has 1 saturated heterocycles. The normalized spacial score (nSPS) is 16.4. The fraction of sp³-hybridized carbons (Fsp3) is 0.375. The number of anilines is 1. The van der Waals surface area contributed by atoms with Gasteiger partial charge in [0, 0.05) is 44.1 Å². The van der Waals surface area contributed by atoms with Crippen molar-refractivity contribution >= 4 is 5.82 Å². The molecule has 1 aliphatic heterocycles. The van der Waals surface area contributed by atoms with Crippen LogP contribution in [0.5, 0.6) is 0 Å². The van der Waals surface area contributed by atoms with Crippen LogP contribution >= 0.6 is 0 Å². The molecule has 20 heavy (non-hydrogen) atoms. The van der Waals surface area contributed by atoms with Crippen LogP contribution in [0.1, 0.15) is 5.56 Å². The maximum Gasteiger partial charge on any atom is 0.128 e. The summed E-state index contributed by atoms with van der Waals surface area (Å²) in [6.45, 7) is 6.38. The van der Waals surface area contributed by atoms with Crippen molar-refractivity contribution in [3.63, 3.8) is 0 Å². The van der Waals surface area contributed by atoms with E-state index in [4.69, 9.17) is 0 Å². The van der Waals surface area contributed by atoms with Crippen molar-refractivity contribution in [2.24, 2.45) is 0 Å². The molecule has 0 bridgehead atoms. The van der Waals surface area contributed by atoms with Gasteiger partial charge in [0.05, 0.1) is 5.69 Å². The Hall–Kier alpha value is -1.94. The minimum Gasteiger partial charge on any atom is -0.354 e. The molecule has 2 aromatic heterocycles. The molecule has 2 aromatic rings. The van der Waals surface area contributed by atoms with Crippen LogP contribution in [0.3, 0.4) is 0 Å². The number of hydrogen-bond acceptors (Lipinski definition) is 4. The van der Waals surface area contributed by atoms with Crippen molar-refractivity contribution in [1.29, 1.82) is 0 Å². The molecule has 0 spiro atoms. The van der Waals surface area contributed by atoms with Gasteiger partial charge in [0.15, 0.2) is 0 Å². The van der Waals surface area contributed by atoms with Crippen molar-refractivity contribution in [3.05, 3.63) is 42.2 Å². The molecule has 0 unspecified atom stereocenters. The van der Waals surface area contributed by atoms with Crippen LogP contribution in [0.4, 0.5) is 5.82 Å². The third-order valence-corrected chi connectivity index (χ3v) is 3.79. The molecule has 4 heteroatoms. The lowest BCUT2D eigenvalue weighted by Gasteiger charge is -2.33. The first-order chi connectivity index (χ1) is 9.72. The summed E-state index contributed by atoms with van der Waals surface area (Å²) in [6.07, 6.45) is 3.77. The minimum absolute atomic E-state index is 0.988. The molecule has 0 amide bonds. The van der Waals surface area contributed by atoms with Gasteiger partial charge in [-0.1, -0.05) is 0 Å². The van der Waals surface area contributed by atoms with Crippen molar-refractivity contribution in [2.75, 3.05) is 38.1 Å². The molecule has 4 nitrogen and oxygen atoms in total. The second kappa shape index (κ2) is 5.59. The highest BCUT2D eigenvalue weighted by Crippen LogP contribution is 2.20. The Bertz CT molecular complexity index is 571. The van der Waals surface area contributed by atoms with E-state index >= 15 is 0 Å². The fourth-order valence-electron chi connectivity index (χ4n) is 2.45. The molecule has 0 aliphatic carbocycles. The highest BCUT2D eigenvalue weighted by molar-refractivity contribution is 5.60. The highest BCUT2D eigenvalue weighted by Gasteiger charge is 2.15. The highest BCUT2D eigenvalue weighted by atomic mass is 15.3. The van der Waals surface area contributed by atoms with Crippen molar-refractivity contribution < 1.29 is 0 Å². The monoisotopic (exact) mass is 268 g/mol. The van der Waals surface area contributed by atoms with Crippen LogP contribution < -0.4 is 4.90 Å². The van der Waals surface area contributed by atoms with Crippen molar-refractivity contribution in [1.82, 2.24) is 14.9 Å². The Morgan fingerprint density at radius 1 is 1.00 bits per heavy atom. The van der Waals surface area contributed by atoms with Crippen LogP contribution in [0.25, 0.3) is 11.3 Å². The first-order valence-corrected chi connectivity index (χ1v) is 7.05. The SMILES string of the molecule is Cc1ccnc(-c2ccc(N3CCN(C)CC3)nc2)c1. The number of pyridine rings is 2. The maximum atomic E-state index is 4.60. The molecule has 0 atom stereocenters. The second-order valence-electron chi connectivity index (χ2n) is 5.41. The average molecular weight is 268 g/mol. The van der Waals surface area contributed by atoms with Gasteiger partial charge in [0.1, 0.15) is 5.82 Å². The van der Waals surface area contributed by atoms with E-state index < -0.39 is 0 Å². The predicted octanol–water partition coefficient (Wildman–Crippen LogP) is 2.20. The average Bonchev–Trinajstić information content (AvgIpc) is 2.48. The van der Waals surface area contributed by atoms with E-state index in [1.165, 1.54) is 5.56 Å². The van der Waals surface area contributed by atoms with Gasteiger partial charge in [-0.15, -0.1) is 0 Å². The summed E-state index contributed by atoms with van der Waals surface area (Å²) in [6, 6.07) is 8.31. The quantitative estimate of drug-likeness (QED) is 0.836. The molecule has 104 valence electrons. The Morgan fingerprint density at radius 3 is 2.45 bits per heavy atom. The second-order valence-corrected chi connectivity index (χ2v) is 5.41. The number of aryl methyl sites for hydroxylation is 1. The number of piperazine rings is 1. The van der Waals surface area contributed by atoms with Gasteiger partial charge >= 0.3 is 0 Å². The van der Waals surface area contributed by atoms with E-state index in [9.17, 15) is 0 Å². The predicted molar refractivity (Wildman–Crippen MR) is 81.9 cm³/mol. The zero-order chi connectivity index (χ0) is 13.9. The molecule has 3 rings (SSSR count). The Morgan fingerprint density at radius 2 is 1.80 bits per heavy atom. The summed E-state index contributed by atoms with van der Waals surface area (Å²) in [5, 5.41) is 0. The Kier molecular flexibility index (Phi) is 3.65. The summed E-state index contributed by atoms with van der Waals surface area (Å²) in [5.74, 6) is 1.06. The van der Waals surface area contributed by atoms with E-state index in [0.717, 1.165) is 43.3 Å². The zero-order valence-electron chi connectivity index (χ0n) is 12.1. The zero-order valence-corrected chi connectivity index (χ0v) is 12.1. The Balaban J connectivity index is 1.78. The number of hydrogen-bond donors (Lipinski definition) is 0.